The highest BCUT2D eigenvalue weighted by Crippen LogP contribution is 2.50. The lowest BCUT2D eigenvalue weighted by molar-refractivity contribution is -0.0290. The van der Waals surface area contributed by atoms with E-state index in [1.165, 1.54) is 24.0 Å². The normalized spacial score (nSPS) is 30.4. The van der Waals surface area contributed by atoms with Gasteiger partial charge in [0.15, 0.2) is 0 Å². The lowest BCUT2D eigenvalue weighted by Gasteiger charge is -2.45. The van der Waals surface area contributed by atoms with E-state index >= 15 is 0 Å². The van der Waals surface area contributed by atoms with Gasteiger partial charge in [0.05, 0.1) is 0 Å². The lowest BCUT2D eigenvalue weighted by atomic mass is 9.69. The zero-order chi connectivity index (χ0) is 17.0. The molecule has 3 atom stereocenters. The Bertz CT molecular complexity index is 737. The topological polar surface area (TPSA) is 23.5 Å². The maximum Gasteiger partial charge on any atom is 0.118 e. The van der Waals surface area contributed by atoms with Crippen LogP contribution in [0.4, 0.5) is 0 Å². The Morgan fingerprint density at radius 2 is 1.32 bits per heavy atom. The van der Waals surface area contributed by atoms with Crippen LogP contribution in [0.25, 0.3) is 0 Å². The summed E-state index contributed by atoms with van der Waals surface area (Å²) in [6, 6.07) is 18.5. The molecule has 1 unspecified atom stereocenters. The summed E-state index contributed by atoms with van der Waals surface area (Å²) in [6.07, 6.45) is 6.83. The zero-order valence-electron chi connectivity index (χ0n) is 15.0. The van der Waals surface area contributed by atoms with E-state index in [-0.39, 0.29) is 0 Å². The van der Waals surface area contributed by atoms with Crippen molar-refractivity contribution >= 4 is 0 Å². The standard InChI is InChI=1S/C23H27NO/c1-24-19-12-13-20(24)15-18(14-19)23(25)21-8-4-2-6-16(21)10-11-17-7-3-5-9-22(17)23/h2-9,18-20,25H,10-15H2,1H3/t18?,19-,20+. The van der Waals surface area contributed by atoms with Gasteiger partial charge in [0, 0.05) is 12.1 Å². The summed E-state index contributed by atoms with van der Waals surface area (Å²) in [5.41, 5.74) is 4.13. The number of aliphatic hydroxyl groups is 1. The predicted molar refractivity (Wildman–Crippen MR) is 101 cm³/mol. The summed E-state index contributed by atoms with van der Waals surface area (Å²) in [5, 5.41) is 12.3. The quantitative estimate of drug-likeness (QED) is 0.856. The Balaban J connectivity index is 1.68. The molecule has 130 valence electrons. The minimum atomic E-state index is -0.841. The molecule has 0 radical (unpaired) electrons. The fraction of sp³-hybridized carbons (Fsp3) is 0.478. The maximum atomic E-state index is 12.3. The number of hydrogen-bond donors (Lipinski definition) is 1. The lowest BCUT2D eigenvalue weighted by Crippen LogP contribution is -2.48. The number of nitrogens with zero attached hydrogens (tertiary/aromatic N) is 1. The van der Waals surface area contributed by atoms with Gasteiger partial charge in [-0.2, -0.15) is 0 Å². The second-order valence-corrected chi connectivity index (χ2v) is 8.30. The average Bonchev–Trinajstić information content (AvgIpc) is 2.83. The van der Waals surface area contributed by atoms with E-state index in [0.29, 0.717) is 18.0 Å². The molecule has 3 aliphatic rings. The van der Waals surface area contributed by atoms with Crippen molar-refractivity contribution in [2.45, 2.75) is 56.2 Å². The van der Waals surface area contributed by atoms with E-state index in [2.05, 4.69) is 60.5 Å². The molecule has 2 aliphatic heterocycles. The zero-order valence-corrected chi connectivity index (χ0v) is 15.0. The van der Waals surface area contributed by atoms with Crippen molar-refractivity contribution in [3.63, 3.8) is 0 Å². The van der Waals surface area contributed by atoms with Crippen molar-refractivity contribution in [3.8, 4) is 0 Å². The molecular weight excluding hydrogens is 306 g/mol. The third-order valence-electron chi connectivity index (χ3n) is 7.21. The fourth-order valence-corrected chi connectivity index (χ4v) is 5.83. The summed E-state index contributed by atoms with van der Waals surface area (Å²) in [4.78, 5) is 2.56. The Labute approximate surface area is 150 Å². The van der Waals surface area contributed by atoms with Gasteiger partial charge < -0.3 is 10.0 Å². The van der Waals surface area contributed by atoms with Gasteiger partial charge in [0.1, 0.15) is 5.60 Å². The first-order chi connectivity index (χ1) is 12.2. The van der Waals surface area contributed by atoms with Gasteiger partial charge in [-0.05, 0) is 73.7 Å². The first-order valence-electron chi connectivity index (χ1n) is 9.79. The van der Waals surface area contributed by atoms with Crippen LogP contribution in [0.2, 0.25) is 0 Å². The Hall–Kier alpha value is -1.64. The summed E-state index contributed by atoms with van der Waals surface area (Å²) in [6.45, 7) is 0. The van der Waals surface area contributed by atoms with E-state index in [1.807, 2.05) is 0 Å². The average molecular weight is 333 g/mol. The summed E-state index contributed by atoms with van der Waals surface area (Å²) >= 11 is 0. The molecule has 2 nitrogen and oxygen atoms in total. The van der Waals surface area contributed by atoms with Crippen LogP contribution in [-0.4, -0.2) is 29.1 Å². The molecule has 2 heteroatoms. The van der Waals surface area contributed by atoms with E-state index in [0.717, 1.165) is 36.8 Å². The van der Waals surface area contributed by atoms with Crippen LogP contribution in [0.3, 0.4) is 0 Å². The molecule has 0 amide bonds. The van der Waals surface area contributed by atoms with Crippen LogP contribution in [0, 0.1) is 5.92 Å². The number of benzene rings is 2. The number of aryl methyl sites for hydroxylation is 2. The van der Waals surface area contributed by atoms with E-state index in [4.69, 9.17) is 0 Å². The predicted octanol–water partition coefficient (Wildman–Crippen LogP) is 3.89. The molecule has 0 saturated carbocycles. The second kappa shape index (κ2) is 5.69. The van der Waals surface area contributed by atoms with Crippen LogP contribution < -0.4 is 0 Å². The Morgan fingerprint density at radius 3 is 1.84 bits per heavy atom. The Morgan fingerprint density at radius 1 is 0.840 bits per heavy atom. The van der Waals surface area contributed by atoms with Crippen molar-refractivity contribution in [1.29, 1.82) is 0 Å². The van der Waals surface area contributed by atoms with Gasteiger partial charge >= 0.3 is 0 Å². The van der Waals surface area contributed by atoms with E-state index < -0.39 is 5.60 Å². The second-order valence-electron chi connectivity index (χ2n) is 8.30. The first kappa shape index (κ1) is 15.6. The van der Waals surface area contributed by atoms with Crippen LogP contribution in [0.5, 0.6) is 0 Å². The maximum absolute atomic E-state index is 12.3. The highest BCUT2D eigenvalue weighted by Gasteiger charge is 2.50. The summed E-state index contributed by atoms with van der Waals surface area (Å²) < 4.78 is 0. The van der Waals surface area contributed by atoms with Gasteiger partial charge in [-0.3, -0.25) is 0 Å². The molecular formula is C23H27NO. The van der Waals surface area contributed by atoms with E-state index in [1.54, 1.807) is 0 Å². The summed E-state index contributed by atoms with van der Waals surface area (Å²) in [7, 11) is 2.28. The van der Waals surface area contributed by atoms with Crippen LogP contribution in [0.1, 0.15) is 47.9 Å². The van der Waals surface area contributed by atoms with Crippen LogP contribution >= 0.6 is 0 Å². The number of fused-ring (bicyclic) bond motifs is 4. The van der Waals surface area contributed by atoms with Crippen molar-refractivity contribution in [2.75, 3.05) is 7.05 Å². The molecule has 1 aliphatic carbocycles. The smallest absolute Gasteiger partial charge is 0.118 e. The van der Waals surface area contributed by atoms with Crippen LogP contribution in [-0.2, 0) is 18.4 Å². The number of rotatable bonds is 1. The van der Waals surface area contributed by atoms with Gasteiger partial charge in [0.25, 0.3) is 0 Å². The van der Waals surface area contributed by atoms with Gasteiger partial charge in [0.2, 0.25) is 0 Å². The van der Waals surface area contributed by atoms with Crippen molar-refractivity contribution in [3.05, 3.63) is 70.8 Å². The third kappa shape index (κ3) is 2.24. The molecule has 0 aromatic heterocycles. The SMILES string of the molecule is CN1[C@@H]2CC[C@H]1CC(C1(O)c3ccccc3CCc3ccccc31)C2. The number of hydrogen-bond acceptors (Lipinski definition) is 2. The van der Waals surface area contributed by atoms with Gasteiger partial charge in [-0.15, -0.1) is 0 Å². The molecule has 5 rings (SSSR count). The van der Waals surface area contributed by atoms with Gasteiger partial charge in [-0.1, -0.05) is 48.5 Å². The molecule has 2 aromatic carbocycles. The highest BCUT2D eigenvalue weighted by molar-refractivity contribution is 5.48. The largest absolute Gasteiger partial charge is 0.380 e. The highest BCUT2D eigenvalue weighted by atomic mass is 16.3. The fourth-order valence-electron chi connectivity index (χ4n) is 5.83. The third-order valence-corrected chi connectivity index (χ3v) is 7.21. The molecule has 0 spiro atoms. The van der Waals surface area contributed by atoms with Crippen molar-refractivity contribution in [2.24, 2.45) is 5.92 Å². The molecule has 25 heavy (non-hydrogen) atoms. The minimum Gasteiger partial charge on any atom is -0.380 e. The molecule has 2 heterocycles. The van der Waals surface area contributed by atoms with Crippen molar-refractivity contribution in [1.82, 2.24) is 4.90 Å². The molecule has 2 fully saturated rings. The Kier molecular flexibility index (Phi) is 3.55. The summed E-state index contributed by atoms with van der Waals surface area (Å²) in [5.74, 6) is 0.307. The first-order valence-corrected chi connectivity index (χ1v) is 9.79. The van der Waals surface area contributed by atoms with Crippen LogP contribution in [0.15, 0.2) is 48.5 Å². The molecule has 2 aromatic rings. The molecule has 1 N–H and O–H groups in total. The van der Waals surface area contributed by atoms with Gasteiger partial charge in [-0.25, -0.2) is 0 Å². The van der Waals surface area contributed by atoms with Crippen molar-refractivity contribution < 1.29 is 5.11 Å². The monoisotopic (exact) mass is 333 g/mol. The van der Waals surface area contributed by atoms with E-state index in [9.17, 15) is 5.11 Å². The molecule has 2 saturated heterocycles. The minimum absolute atomic E-state index is 0.307. The molecule has 2 bridgehead atoms. The number of piperidine rings is 1.